The summed E-state index contributed by atoms with van der Waals surface area (Å²) in [6.07, 6.45) is 5.40. The van der Waals surface area contributed by atoms with E-state index < -0.39 is 11.6 Å². The lowest BCUT2D eigenvalue weighted by Gasteiger charge is -2.33. The fourth-order valence-corrected chi connectivity index (χ4v) is 5.38. The van der Waals surface area contributed by atoms with Gasteiger partial charge in [-0.25, -0.2) is 13.5 Å². The van der Waals surface area contributed by atoms with Gasteiger partial charge in [-0.3, -0.25) is 0 Å². The zero-order valence-corrected chi connectivity index (χ0v) is 21.7. The molecule has 0 amide bonds. The zero-order chi connectivity index (χ0) is 26.5. The van der Waals surface area contributed by atoms with Crippen LogP contribution in [-0.4, -0.2) is 55.7 Å². The van der Waals surface area contributed by atoms with Crippen LogP contribution in [0.4, 0.5) is 20.3 Å². The average Bonchev–Trinajstić information content (AvgIpc) is 3.18. The maximum Gasteiger partial charge on any atom is 0.150 e. The first-order valence-electron chi connectivity index (χ1n) is 13.4. The van der Waals surface area contributed by atoms with Crippen LogP contribution in [0.5, 0.6) is 0 Å². The van der Waals surface area contributed by atoms with Crippen molar-refractivity contribution in [3.63, 3.8) is 0 Å². The van der Waals surface area contributed by atoms with Crippen molar-refractivity contribution in [2.75, 3.05) is 50.1 Å². The normalized spacial score (nSPS) is 18.7. The largest absolute Gasteiger partial charge is 0.381 e. The first-order chi connectivity index (χ1) is 18.6. The summed E-state index contributed by atoms with van der Waals surface area (Å²) in [6.45, 7) is 4.41. The molecular weight excluding hydrogens is 486 g/mol. The third kappa shape index (κ3) is 5.82. The Labute approximate surface area is 222 Å². The highest BCUT2D eigenvalue weighted by Crippen LogP contribution is 2.31. The second-order valence-corrected chi connectivity index (χ2v) is 10.1. The zero-order valence-electron chi connectivity index (χ0n) is 21.7. The van der Waals surface area contributed by atoms with E-state index >= 15 is 4.39 Å². The van der Waals surface area contributed by atoms with Crippen molar-refractivity contribution in [1.29, 1.82) is 5.26 Å². The Morgan fingerprint density at radius 2 is 1.89 bits per heavy atom. The molecule has 2 fully saturated rings. The Hall–Kier alpha value is -3.48. The third-order valence-electron chi connectivity index (χ3n) is 7.66. The van der Waals surface area contributed by atoms with Gasteiger partial charge in [-0.05, 0) is 81.4 Å². The second kappa shape index (κ2) is 11.9. The molecule has 2 aromatic carbocycles. The number of nitriles is 1. The molecule has 2 aliphatic rings. The van der Waals surface area contributed by atoms with E-state index in [9.17, 15) is 4.39 Å². The van der Waals surface area contributed by atoms with Crippen LogP contribution in [0.1, 0.15) is 37.7 Å². The summed E-state index contributed by atoms with van der Waals surface area (Å²) in [7, 11) is 1.73. The monoisotopic (exact) mass is 520 g/mol. The number of nitrogens with zero attached hydrogens (tertiary/aromatic N) is 4. The van der Waals surface area contributed by atoms with Gasteiger partial charge in [-0.15, -0.1) is 5.10 Å². The van der Waals surface area contributed by atoms with Crippen molar-refractivity contribution in [1.82, 2.24) is 15.1 Å². The van der Waals surface area contributed by atoms with E-state index in [1.807, 2.05) is 18.2 Å². The Morgan fingerprint density at radius 1 is 1.05 bits per heavy atom. The smallest absolute Gasteiger partial charge is 0.150 e. The summed E-state index contributed by atoms with van der Waals surface area (Å²) in [5.74, 6) is 0.0982. The molecule has 1 atom stereocenters. The van der Waals surface area contributed by atoms with E-state index in [1.165, 1.54) is 16.8 Å². The van der Waals surface area contributed by atoms with Gasteiger partial charge in [0.15, 0.2) is 5.82 Å². The fourth-order valence-electron chi connectivity index (χ4n) is 5.38. The molecule has 0 unspecified atom stereocenters. The van der Waals surface area contributed by atoms with E-state index in [-0.39, 0.29) is 17.4 Å². The number of ether oxygens (including phenoxy) is 1. The van der Waals surface area contributed by atoms with Crippen LogP contribution < -0.4 is 15.5 Å². The Morgan fingerprint density at radius 3 is 2.63 bits per heavy atom. The molecule has 0 spiro atoms. The van der Waals surface area contributed by atoms with Crippen LogP contribution >= 0.6 is 0 Å². The maximum absolute atomic E-state index is 15.6. The summed E-state index contributed by atoms with van der Waals surface area (Å²) >= 11 is 0. The van der Waals surface area contributed by atoms with Gasteiger partial charge in [0.05, 0.1) is 17.4 Å². The molecule has 1 aromatic heterocycles. The molecule has 7 nitrogen and oxygen atoms in total. The number of benzene rings is 2. The number of halogens is 2. The predicted octanol–water partition coefficient (Wildman–Crippen LogP) is 5.11. The quantitative estimate of drug-likeness (QED) is 0.451. The molecule has 9 heteroatoms. The van der Waals surface area contributed by atoms with Crippen LogP contribution in [0.25, 0.3) is 16.9 Å². The highest BCUT2D eigenvalue weighted by molar-refractivity contribution is 5.67. The molecule has 38 heavy (non-hydrogen) atoms. The van der Waals surface area contributed by atoms with Gasteiger partial charge in [-0.2, -0.15) is 5.26 Å². The number of anilines is 2. The highest BCUT2D eigenvalue weighted by atomic mass is 19.1. The standard InChI is InChI=1S/C29H34F2N6O/c1-38-24-9-13-36(14-10-24)23-6-7-27(26(31)16-23)37-28(21-4-5-22(18-32)25(30)15-21)17-29(35-37)34-19-20-3-2-11-33-12-8-20/h4-7,15-17,20,24,33H,2-3,8-14,19H2,1H3,(H,34,35)/t20-/m0/s1. The molecule has 0 radical (unpaired) electrons. The van der Waals surface area contributed by atoms with Crippen molar-refractivity contribution in [2.24, 2.45) is 5.92 Å². The lowest BCUT2D eigenvalue weighted by Crippen LogP contribution is -2.36. The first-order valence-corrected chi connectivity index (χ1v) is 13.4. The maximum atomic E-state index is 15.6. The van der Waals surface area contributed by atoms with Gasteiger partial charge in [0.25, 0.3) is 0 Å². The topological polar surface area (TPSA) is 78.1 Å². The summed E-state index contributed by atoms with van der Waals surface area (Å²) in [5.41, 5.74) is 2.14. The molecule has 3 heterocycles. The minimum absolute atomic E-state index is 0.0343. The number of nitrogens with one attached hydrogen (secondary N) is 2. The lowest BCUT2D eigenvalue weighted by molar-refractivity contribution is 0.0819. The van der Waals surface area contributed by atoms with E-state index in [0.717, 1.165) is 70.5 Å². The first kappa shape index (κ1) is 26.1. The molecule has 0 bridgehead atoms. The number of hydrogen-bond donors (Lipinski definition) is 2. The Kier molecular flexibility index (Phi) is 8.20. The highest BCUT2D eigenvalue weighted by Gasteiger charge is 2.22. The van der Waals surface area contributed by atoms with Crippen molar-refractivity contribution in [3.05, 3.63) is 59.7 Å². The van der Waals surface area contributed by atoms with Crippen molar-refractivity contribution < 1.29 is 13.5 Å². The van der Waals surface area contributed by atoms with Gasteiger partial charge in [-0.1, -0.05) is 6.07 Å². The van der Waals surface area contributed by atoms with E-state index in [2.05, 4.69) is 15.5 Å². The van der Waals surface area contributed by atoms with E-state index in [0.29, 0.717) is 23.0 Å². The Balaban J connectivity index is 1.44. The van der Waals surface area contributed by atoms with E-state index in [4.69, 9.17) is 15.1 Å². The average molecular weight is 521 g/mol. The van der Waals surface area contributed by atoms with Crippen LogP contribution in [0, 0.1) is 28.9 Å². The summed E-state index contributed by atoms with van der Waals surface area (Å²) < 4.78 is 37.1. The number of rotatable bonds is 7. The molecule has 2 aliphatic heterocycles. The molecule has 2 saturated heterocycles. The fraction of sp³-hybridized carbons (Fsp3) is 0.448. The van der Waals surface area contributed by atoms with Gasteiger partial charge in [0, 0.05) is 44.1 Å². The van der Waals surface area contributed by atoms with Gasteiger partial charge >= 0.3 is 0 Å². The Bertz CT molecular complexity index is 1290. The van der Waals surface area contributed by atoms with E-state index in [1.54, 1.807) is 25.3 Å². The van der Waals surface area contributed by atoms with Crippen molar-refractivity contribution in [3.8, 4) is 23.0 Å². The predicted molar refractivity (Wildman–Crippen MR) is 145 cm³/mol. The number of piperidine rings is 1. The lowest BCUT2D eigenvalue weighted by atomic mass is 10.0. The molecule has 0 saturated carbocycles. The van der Waals surface area contributed by atoms with Gasteiger partial charge in [0.2, 0.25) is 0 Å². The van der Waals surface area contributed by atoms with Gasteiger partial charge in [0.1, 0.15) is 23.4 Å². The van der Waals surface area contributed by atoms with Crippen LogP contribution in [0.3, 0.4) is 0 Å². The summed E-state index contributed by atoms with van der Waals surface area (Å²) in [4.78, 5) is 2.16. The van der Waals surface area contributed by atoms with Crippen LogP contribution in [0.15, 0.2) is 42.5 Å². The summed E-state index contributed by atoms with van der Waals surface area (Å²) in [6, 6.07) is 13.3. The minimum Gasteiger partial charge on any atom is -0.381 e. The van der Waals surface area contributed by atoms with Crippen molar-refractivity contribution in [2.45, 2.75) is 38.2 Å². The van der Waals surface area contributed by atoms with Crippen LogP contribution in [0.2, 0.25) is 0 Å². The third-order valence-corrected chi connectivity index (χ3v) is 7.66. The molecule has 200 valence electrons. The molecule has 5 rings (SSSR count). The summed E-state index contributed by atoms with van der Waals surface area (Å²) in [5, 5.41) is 20.7. The number of methoxy groups -OCH3 is 1. The SMILES string of the molecule is COC1CCN(c2ccc(-n3nc(NC[C@H]4CCCNCC4)cc3-c3ccc(C#N)c(F)c3)c(F)c2)CC1. The second-order valence-electron chi connectivity index (χ2n) is 10.1. The van der Waals surface area contributed by atoms with Crippen molar-refractivity contribution >= 4 is 11.5 Å². The van der Waals surface area contributed by atoms with Crippen LogP contribution in [-0.2, 0) is 4.74 Å². The minimum atomic E-state index is -0.617. The number of aromatic nitrogens is 2. The molecule has 2 N–H and O–H groups in total. The molecular formula is C29H34F2N6O. The molecule has 3 aromatic rings. The molecule has 0 aliphatic carbocycles. The number of hydrogen-bond acceptors (Lipinski definition) is 6. The van der Waals surface area contributed by atoms with Gasteiger partial charge < -0.3 is 20.3 Å².